The molecule has 16 heavy (non-hydrogen) atoms. The Kier molecular flexibility index (Phi) is 8.72. The van der Waals surface area contributed by atoms with E-state index in [0.29, 0.717) is 5.75 Å². The lowest BCUT2D eigenvalue weighted by Gasteiger charge is -2.01. The number of amides is 1. The molecule has 0 fully saturated rings. The molecule has 0 saturated carbocycles. The van der Waals surface area contributed by atoms with Crippen molar-refractivity contribution in [3.63, 3.8) is 0 Å². The van der Waals surface area contributed by atoms with Crippen LogP contribution in [0, 0.1) is 6.92 Å². The van der Waals surface area contributed by atoms with Crippen LogP contribution in [0.5, 0.6) is 0 Å². The lowest BCUT2D eigenvalue weighted by Crippen LogP contribution is -2.19. The fraction of sp³-hybridized carbons (Fsp3) is 0.462. The van der Waals surface area contributed by atoms with Crippen molar-refractivity contribution < 1.29 is 4.79 Å². The number of thioether (sulfide) groups is 1. The average molecular weight is 239 g/mol. The van der Waals surface area contributed by atoms with Crippen molar-refractivity contribution in [1.29, 1.82) is 0 Å². The monoisotopic (exact) mass is 239 g/mol. The normalized spacial score (nSPS) is 9.00. The smallest absolute Gasteiger partial charge is 0.229 e. The van der Waals surface area contributed by atoms with E-state index in [9.17, 15) is 4.79 Å². The second kappa shape index (κ2) is 9.28. The van der Waals surface area contributed by atoms with E-state index < -0.39 is 0 Å². The average Bonchev–Trinajstić information content (AvgIpc) is 2.34. The van der Waals surface area contributed by atoms with Gasteiger partial charge in [0.05, 0.1) is 5.75 Å². The van der Waals surface area contributed by atoms with Crippen LogP contribution in [-0.4, -0.2) is 18.7 Å². The van der Waals surface area contributed by atoms with E-state index in [2.05, 4.69) is 36.5 Å². The molecule has 0 saturated heterocycles. The van der Waals surface area contributed by atoms with Gasteiger partial charge in [0.15, 0.2) is 0 Å². The summed E-state index contributed by atoms with van der Waals surface area (Å²) in [4.78, 5) is 10.9. The van der Waals surface area contributed by atoms with Gasteiger partial charge in [-0.05, 0) is 12.5 Å². The van der Waals surface area contributed by atoms with E-state index in [-0.39, 0.29) is 5.91 Å². The van der Waals surface area contributed by atoms with Gasteiger partial charge in [-0.25, -0.2) is 0 Å². The number of carbonyl (C=O) groups is 1. The highest BCUT2D eigenvalue weighted by Gasteiger charge is 1.98. The molecule has 0 aromatic heterocycles. The minimum atomic E-state index is 0.0853. The van der Waals surface area contributed by atoms with Crippen LogP contribution < -0.4 is 5.32 Å². The Labute approximate surface area is 103 Å². The number of hydrogen-bond acceptors (Lipinski definition) is 2. The lowest BCUT2D eigenvalue weighted by molar-refractivity contribution is -0.118. The largest absolute Gasteiger partial charge is 0.358 e. The summed E-state index contributed by atoms with van der Waals surface area (Å²) in [6.45, 7) is 6.07. The molecule has 3 heteroatoms. The van der Waals surface area contributed by atoms with Gasteiger partial charge in [0.25, 0.3) is 0 Å². The maximum atomic E-state index is 10.9. The predicted molar refractivity (Wildman–Crippen MR) is 72.8 cm³/mol. The van der Waals surface area contributed by atoms with Crippen LogP contribution in [0.2, 0.25) is 0 Å². The number of hydrogen-bond donors (Lipinski definition) is 1. The molecule has 0 unspecified atom stereocenters. The van der Waals surface area contributed by atoms with Gasteiger partial charge in [0.1, 0.15) is 0 Å². The van der Waals surface area contributed by atoms with E-state index in [4.69, 9.17) is 0 Å². The number of carbonyl (C=O) groups excluding carboxylic acids is 1. The molecular formula is C13H21NOS. The van der Waals surface area contributed by atoms with Crippen molar-refractivity contribution in [3.05, 3.63) is 35.4 Å². The topological polar surface area (TPSA) is 29.1 Å². The molecule has 0 heterocycles. The third-order valence-electron chi connectivity index (χ3n) is 1.90. The summed E-state index contributed by atoms with van der Waals surface area (Å²) < 4.78 is 0. The molecule has 1 amide bonds. The van der Waals surface area contributed by atoms with E-state index in [1.54, 1.807) is 18.8 Å². The van der Waals surface area contributed by atoms with Crippen molar-refractivity contribution in [3.8, 4) is 0 Å². The predicted octanol–water partition coefficient (Wildman–Crippen LogP) is 3.00. The third kappa shape index (κ3) is 6.51. The quantitative estimate of drug-likeness (QED) is 0.875. The van der Waals surface area contributed by atoms with Crippen molar-refractivity contribution in [2.45, 2.75) is 26.5 Å². The van der Waals surface area contributed by atoms with Crippen LogP contribution in [0.15, 0.2) is 24.3 Å². The SMILES string of the molecule is CC.CNC(=O)CSCc1ccc(C)cc1. The molecule has 0 radical (unpaired) electrons. The van der Waals surface area contributed by atoms with Crippen LogP contribution in [0.25, 0.3) is 0 Å². The number of aryl methyl sites for hydroxylation is 1. The summed E-state index contributed by atoms with van der Waals surface area (Å²) >= 11 is 1.63. The van der Waals surface area contributed by atoms with Gasteiger partial charge in [-0.3, -0.25) is 4.79 Å². The second-order valence-electron chi connectivity index (χ2n) is 3.15. The van der Waals surface area contributed by atoms with Gasteiger partial charge in [-0.2, -0.15) is 0 Å². The molecule has 1 aromatic carbocycles. The van der Waals surface area contributed by atoms with Gasteiger partial charge in [-0.1, -0.05) is 43.7 Å². The first-order valence-electron chi connectivity index (χ1n) is 5.56. The molecular weight excluding hydrogens is 218 g/mol. The van der Waals surface area contributed by atoms with Gasteiger partial charge >= 0.3 is 0 Å². The Hall–Kier alpha value is -0.960. The highest BCUT2D eigenvalue weighted by molar-refractivity contribution is 7.99. The summed E-state index contributed by atoms with van der Waals surface area (Å²) in [6.07, 6.45) is 0. The molecule has 2 nitrogen and oxygen atoms in total. The molecule has 0 atom stereocenters. The highest BCUT2D eigenvalue weighted by atomic mass is 32.2. The van der Waals surface area contributed by atoms with Gasteiger partial charge in [0.2, 0.25) is 5.91 Å². The van der Waals surface area contributed by atoms with E-state index in [0.717, 1.165) is 5.75 Å². The van der Waals surface area contributed by atoms with Gasteiger partial charge in [0, 0.05) is 12.8 Å². The zero-order valence-corrected chi connectivity index (χ0v) is 11.4. The van der Waals surface area contributed by atoms with Crippen LogP contribution in [0.1, 0.15) is 25.0 Å². The fourth-order valence-corrected chi connectivity index (χ4v) is 1.88. The van der Waals surface area contributed by atoms with Crippen LogP contribution in [-0.2, 0) is 10.5 Å². The molecule has 0 spiro atoms. The van der Waals surface area contributed by atoms with E-state index >= 15 is 0 Å². The maximum Gasteiger partial charge on any atom is 0.229 e. The molecule has 90 valence electrons. The first kappa shape index (κ1) is 15.0. The molecule has 0 aliphatic heterocycles. The second-order valence-corrected chi connectivity index (χ2v) is 4.14. The van der Waals surface area contributed by atoms with Gasteiger partial charge in [-0.15, -0.1) is 11.8 Å². The number of nitrogens with one attached hydrogen (secondary N) is 1. The molecule has 1 rings (SSSR count). The Bertz CT molecular complexity index is 295. The van der Waals surface area contributed by atoms with Crippen molar-refractivity contribution in [1.82, 2.24) is 5.32 Å². The van der Waals surface area contributed by atoms with Crippen molar-refractivity contribution in [2.24, 2.45) is 0 Å². The first-order chi connectivity index (χ1) is 7.72. The van der Waals surface area contributed by atoms with Crippen LogP contribution in [0.4, 0.5) is 0 Å². The minimum Gasteiger partial charge on any atom is -0.358 e. The first-order valence-corrected chi connectivity index (χ1v) is 6.71. The molecule has 0 bridgehead atoms. The zero-order valence-electron chi connectivity index (χ0n) is 10.5. The van der Waals surface area contributed by atoms with Crippen LogP contribution >= 0.6 is 11.8 Å². The summed E-state index contributed by atoms with van der Waals surface area (Å²) in [5.74, 6) is 1.51. The Morgan fingerprint density at radius 3 is 2.31 bits per heavy atom. The molecule has 0 aliphatic carbocycles. The Morgan fingerprint density at radius 1 is 1.25 bits per heavy atom. The Balaban J connectivity index is 0.00000106. The molecule has 0 aliphatic rings. The Morgan fingerprint density at radius 2 is 1.81 bits per heavy atom. The zero-order chi connectivity index (χ0) is 12.4. The summed E-state index contributed by atoms with van der Waals surface area (Å²) in [6, 6.07) is 8.39. The van der Waals surface area contributed by atoms with Crippen molar-refractivity contribution >= 4 is 17.7 Å². The summed E-state index contributed by atoms with van der Waals surface area (Å²) in [5, 5.41) is 2.60. The third-order valence-corrected chi connectivity index (χ3v) is 2.91. The molecule has 1 aromatic rings. The van der Waals surface area contributed by atoms with Crippen LogP contribution in [0.3, 0.4) is 0 Å². The van der Waals surface area contributed by atoms with E-state index in [1.165, 1.54) is 11.1 Å². The van der Waals surface area contributed by atoms with E-state index in [1.807, 2.05) is 13.8 Å². The summed E-state index contributed by atoms with van der Waals surface area (Å²) in [7, 11) is 1.66. The lowest BCUT2D eigenvalue weighted by atomic mass is 10.2. The standard InChI is InChI=1S/C11H15NOS.C2H6/c1-9-3-5-10(6-4-9)7-14-8-11(13)12-2;1-2/h3-6H,7-8H2,1-2H3,(H,12,13);1-2H3. The fourth-order valence-electron chi connectivity index (χ4n) is 1.02. The number of rotatable bonds is 4. The van der Waals surface area contributed by atoms with Crippen molar-refractivity contribution in [2.75, 3.05) is 12.8 Å². The highest BCUT2D eigenvalue weighted by Crippen LogP contribution is 2.12. The number of benzene rings is 1. The summed E-state index contributed by atoms with van der Waals surface area (Å²) in [5.41, 5.74) is 2.54. The minimum absolute atomic E-state index is 0.0853. The van der Waals surface area contributed by atoms with Gasteiger partial charge < -0.3 is 5.32 Å². The molecule has 1 N–H and O–H groups in total. The maximum absolute atomic E-state index is 10.9.